The minimum atomic E-state index is -0.371. The number of carbonyl (C=O) groups is 2. The van der Waals surface area contributed by atoms with Gasteiger partial charge in [-0.25, -0.2) is 4.79 Å². The molecule has 1 N–H and O–H groups in total. The topological polar surface area (TPSA) is 64.6 Å². The van der Waals surface area contributed by atoms with Gasteiger partial charge >= 0.3 is 12.1 Å². The van der Waals surface area contributed by atoms with Gasteiger partial charge < -0.3 is 14.8 Å². The highest BCUT2D eigenvalue weighted by molar-refractivity contribution is 5.84. The molecule has 40 heavy (non-hydrogen) atoms. The summed E-state index contributed by atoms with van der Waals surface area (Å²) in [7, 11) is 0. The monoisotopic (exact) mass is 553 g/mol. The van der Waals surface area contributed by atoms with Crippen LogP contribution < -0.4 is 5.32 Å². The maximum Gasteiger partial charge on any atom is 0.407 e. The summed E-state index contributed by atoms with van der Waals surface area (Å²) in [5, 5.41) is 2.91. The fourth-order valence-electron chi connectivity index (χ4n) is 5.47. The number of rotatable bonds is 20. The van der Waals surface area contributed by atoms with Crippen molar-refractivity contribution in [2.75, 3.05) is 13.2 Å². The number of hydrogen-bond donors (Lipinski definition) is 1. The molecule has 1 aliphatic carbocycles. The van der Waals surface area contributed by atoms with Gasteiger partial charge in [0.05, 0.1) is 0 Å². The van der Waals surface area contributed by atoms with Crippen molar-refractivity contribution in [3.63, 3.8) is 0 Å². The smallest absolute Gasteiger partial charge is 0.407 e. The molecular formula is C35H55NO4. The summed E-state index contributed by atoms with van der Waals surface area (Å²) in [6.07, 6.45) is 19.3. The van der Waals surface area contributed by atoms with Gasteiger partial charge in [0.2, 0.25) is 0 Å². The van der Waals surface area contributed by atoms with Crippen molar-refractivity contribution in [1.82, 2.24) is 5.32 Å². The lowest BCUT2D eigenvalue weighted by Crippen LogP contribution is -2.27. The number of esters is 1. The Morgan fingerprint density at radius 1 is 0.850 bits per heavy atom. The molecule has 5 heteroatoms. The van der Waals surface area contributed by atoms with Gasteiger partial charge in [-0.2, -0.15) is 0 Å². The molecule has 0 bridgehead atoms. The van der Waals surface area contributed by atoms with Crippen LogP contribution in [0.1, 0.15) is 141 Å². The predicted molar refractivity (Wildman–Crippen MR) is 166 cm³/mol. The fraction of sp³-hybridized carbons (Fsp3) is 0.657. The third kappa shape index (κ3) is 13.2. The second kappa shape index (κ2) is 18.7. The molecule has 0 aliphatic heterocycles. The number of unbranched alkanes of at least 4 members (excludes halogenated alkanes) is 13. The van der Waals surface area contributed by atoms with Crippen molar-refractivity contribution in [2.45, 2.75) is 136 Å². The molecule has 2 rings (SSSR count). The van der Waals surface area contributed by atoms with Gasteiger partial charge in [0.1, 0.15) is 12.2 Å². The maximum atomic E-state index is 12.2. The van der Waals surface area contributed by atoms with Crippen LogP contribution in [0, 0.1) is 0 Å². The maximum absolute atomic E-state index is 12.2. The van der Waals surface area contributed by atoms with E-state index in [1.165, 1.54) is 80.9 Å². The fourth-order valence-corrected chi connectivity index (χ4v) is 5.47. The molecule has 0 saturated heterocycles. The minimum Gasteiger partial charge on any atom is -0.460 e. The molecule has 224 valence electrons. The summed E-state index contributed by atoms with van der Waals surface area (Å²) in [6.45, 7) is 12.8. The SMILES string of the molecule is C=CC1=C(C)C(COC(=O)NCCCCCCCCCCCCCCCCC(=O)OC(C)(C)C)c2ccccc21. The number of carbonyl (C=O) groups excluding carboxylic acids is 2. The van der Waals surface area contributed by atoms with E-state index < -0.39 is 0 Å². The third-order valence-electron chi connectivity index (χ3n) is 7.66. The standard InChI is InChI=1S/C35H55NO4/c1-6-29-28(2)32(31-24-21-20-23-30(29)31)27-39-34(38)36-26-22-18-16-14-12-10-8-7-9-11-13-15-17-19-25-33(37)40-35(3,4)5/h6,20-21,23-24,32H,1,7-19,22,25-27H2,2-5H3,(H,36,38). The lowest BCUT2D eigenvalue weighted by atomic mass is 9.98. The molecule has 1 aliphatic rings. The van der Waals surface area contributed by atoms with Crippen molar-refractivity contribution >= 4 is 17.6 Å². The Labute approximate surface area is 244 Å². The molecule has 1 atom stereocenters. The van der Waals surface area contributed by atoms with E-state index in [2.05, 4.69) is 31.0 Å². The molecule has 5 nitrogen and oxygen atoms in total. The van der Waals surface area contributed by atoms with E-state index in [4.69, 9.17) is 9.47 Å². The van der Waals surface area contributed by atoms with E-state index in [1.54, 1.807) is 0 Å². The Bertz CT molecular complexity index is 943. The highest BCUT2D eigenvalue weighted by Gasteiger charge is 2.28. The van der Waals surface area contributed by atoms with E-state index in [0.29, 0.717) is 19.6 Å². The predicted octanol–water partition coefficient (Wildman–Crippen LogP) is 9.66. The van der Waals surface area contributed by atoms with Gasteiger partial charge in [-0.3, -0.25) is 4.79 Å². The lowest BCUT2D eigenvalue weighted by molar-refractivity contribution is -0.154. The van der Waals surface area contributed by atoms with E-state index in [-0.39, 0.29) is 23.6 Å². The number of benzene rings is 1. The molecule has 0 heterocycles. The quantitative estimate of drug-likeness (QED) is 0.129. The molecule has 0 aromatic heterocycles. The molecule has 1 aromatic rings. The Kier molecular flexibility index (Phi) is 15.7. The Hall–Kier alpha value is -2.56. The summed E-state index contributed by atoms with van der Waals surface area (Å²) in [5.74, 6) is 0.0406. The van der Waals surface area contributed by atoms with Crippen molar-refractivity contribution in [2.24, 2.45) is 0 Å². The molecule has 1 amide bonds. The van der Waals surface area contributed by atoms with Gasteiger partial charge in [-0.05, 0) is 57.2 Å². The molecule has 1 aromatic carbocycles. The first-order chi connectivity index (χ1) is 19.2. The van der Waals surface area contributed by atoms with Gasteiger partial charge in [-0.15, -0.1) is 0 Å². The van der Waals surface area contributed by atoms with Crippen LogP contribution in [-0.2, 0) is 14.3 Å². The molecule has 1 unspecified atom stereocenters. The van der Waals surface area contributed by atoms with Crippen LogP contribution >= 0.6 is 0 Å². The molecule has 0 saturated carbocycles. The van der Waals surface area contributed by atoms with E-state index in [9.17, 15) is 9.59 Å². The highest BCUT2D eigenvalue weighted by Crippen LogP contribution is 2.42. The largest absolute Gasteiger partial charge is 0.460 e. The minimum absolute atomic E-state index is 0.0679. The number of fused-ring (bicyclic) bond motifs is 1. The van der Waals surface area contributed by atoms with Crippen LogP contribution in [0.15, 0.2) is 42.5 Å². The van der Waals surface area contributed by atoms with Crippen LogP contribution in [0.2, 0.25) is 0 Å². The van der Waals surface area contributed by atoms with Crippen LogP contribution in [-0.4, -0.2) is 30.8 Å². The molecule has 0 fully saturated rings. The van der Waals surface area contributed by atoms with Crippen molar-refractivity contribution < 1.29 is 19.1 Å². The lowest BCUT2D eigenvalue weighted by Gasteiger charge is -2.19. The first kappa shape index (κ1) is 33.6. The second-order valence-electron chi connectivity index (χ2n) is 12.3. The zero-order valence-corrected chi connectivity index (χ0v) is 25.8. The van der Waals surface area contributed by atoms with Gasteiger partial charge in [0, 0.05) is 18.9 Å². The molecular weight excluding hydrogens is 498 g/mol. The van der Waals surface area contributed by atoms with Crippen LogP contribution in [0.3, 0.4) is 0 Å². The normalized spacial score (nSPS) is 14.7. The van der Waals surface area contributed by atoms with Crippen LogP contribution in [0.25, 0.3) is 5.57 Å². The number of alkyl carbamates (subject to hydrolysis) is 1. The van der Waals surface area contributed by atoms with E-state index in [1.807, 2.05) is 39.0 Å². The number of nitrogens with one attached hydrogen (secondary N) is 1. The van der Waals surface area contributed by atoms with Crippen LogP contribution in [0.5, 0.6) is 0 Å². The highest BCUT2D eigenvalue weighted by atomic mass is 16.6. The number of hydrogen-bond acceptors (Lipinski definition) is 4. The van der Waals surface area contributed by atoms with E-state index in [0.717, 1.165) is 31.3 Å². The zero-order valence-electron chi connectivity index (χ0n) is 25.8. The van der Waals surface area contributed by atoms with Crippen molar-refractivity contribution in [1.29, 1.82) is 0 Å². The summed E-state index contributed by atoms with van der Waals surface area (Å²) in [5.41, 5.74) is 4.41. The summed E-state index contributed by atoms with van der Waals surface area (Å²) in [4.78, 5) is 23.9. The zero-order chi connectivity index (χ0) is 29.2. The average molecular weight is 554 g/mol. The number of ether oxygens (including phenoxy) is 2. The Morgan fingerprint density at radius 3 is 1.93 bits per heavy atom. The number of amides is 1. The summed E-state index contributed by atoms with van der Waals surface area (Å²) >= 11 is 0. The third-order valence-corrected chi connectivity index (χ3v) is 7.66. The number of allylic oxidation sites excluding steroid dienone is 2. The van der Waals surface area contributed by atoms with E-state index >= 15 is 0 Å². The Morgan fingerprint density at radius 2 is 1.38 bits per heavy atom. The van der Waals surface area contributed by atoms with Crippen molar-refractivity contribution in [3.05, 3.63) is 53.6 Å². The average Bonchev–Trinajstić information content (AvgIpc) is 3.18. The van der Waals surface area contributed by atoms with Crippen LogP contribution in [0.4, 0.5) is 4.79 Å². The molecule has 0 spiro atoms. The van der Waals surface area contributed by atoms with Crippen molar-refractivity contribution in [3.8, 4) is 0 Å². The summed E-state index contributed by atoms with van der Waals surface area (Å²) < 4.78 is 10.9. The summed E-state index contributed by atoms with van der Waals surface area (Å²) in [6, 6.07) is 8.29. The van der Waals surface area contributed by atoms with Gasteiger partial charge in [0.15, 0.2) is 0 Å². The first-order valence-electron chi connectivity index (χ1n) is 15.8. The van der Waals surface area contributed by atoms with Gasteiger partial charge in [-0.1, -0.05) is 120 Å². The Balaban J connectivity index is 1.35. The second-order valence-corrected chi connectivity index (χ2v) is 12.3. The van der Waals surface area contributed by atoms with Gasteiger partial charge in [0.25, 0.3) is 0 Å². The first-order valence-corrected chi connectivity index (χ1v) is 15.8. The molecule has 0 radical (unpaired) electrons.